The highest BCUT2D eigenvalue weighted by Gasteiger charge is 2.03. The number of ether oxygens (including phenoxy) is 1. The molecule has 0 amide bonds. The summed E-state index contributed by atoms with van der Waals surface area (Å²) in [6.45, 7) is 3.90. The van der Waals surface area contributed by atoms with Gasteiger partial charge in [0.15, 0.2) is 0 Å². The van der Waals surface area contributed by atoms with Crippen molar-refractivity contribution in [3.8, 4) is 11.6 Å². The number of benzene rings is 1. The fourth-order valence-electron chi connectivity index (χ4n) is 1.33. The second kappa shape index (κ2) is 4.61. The summed E-state index contributed by atoms with van der Waals surface area (Å²) in [7, 11) is 0. The van der Waals surface area contributed by atoms with Gasteiger partial charge in [-0.3, -0.25) is 0 Å². The second-order valence-electron chi connectivity index (χ2n) is 3.51. The highest BCUT2D eigenvalue weighted by molar-refractivity contribution is 9.10. The van der Waals surface area contributed by atoms with Gasteiger partial charge >= 0.3 is 0 Å². The zero-order valence-electron chi connectivity index (χ0n) is 9.07. The number of rotatable bonds is 2. The van der Waals surface area contributed by atoms with Crippen LogP contribution >= 0.6 is 15.9 Å². The third-order valence-corrected chi connectivity index (χ3v) is 2.62. The summed E-state index contributed by atoms with van der Waals surface area (Å²) in [5.74, 6) is 1.37. The highest BCUT2D eigenvalue weighted by Crippen LogP contribution is 2.26. The molecule has 1 aromatic heterocycles. The molecule has 0 saturated carbocycles. The minimum atomic E-state index is 0.568. The molecule has 0 spiro atoms. The van der Waals surface area contributed by atoms with E-state index in [9.17, 15) is 0 Å². The predicted molar refractivity (Wildman–Crippen MR) is 65.7 cm³/mol. The van der Waals surface area contributed by atoms with Gasteiger partial charge in [-0.05, 0) is 37.6 Å². The summed E-state index contributed by atoms with van der Waals surface area (Å²) in [6, 6.07) is 7.66. The Morgan fingerprint density at radius 3 is 2.62 bits per heavy atom. The first-order chi connectivity index (χ1) is 7.65. The molecule has 0 fully saturated rings. The minimum Gasteiger partial charge on any atom is -0.439 e. The van der Waals surface area contributed by atoms with Gasteiger partial charge in [0.2, 0.25) is 5.88 Å². The van der Waals surface area contributed by atoms with E-state index in [1.54, 1.807) is 0 Å². The lowest BCUT2D eigenvalue weighted by molar-refractivity contribution is 0.457. The van der Waals surface area contributed by atoms with E-state index in [4.69, 9.17) is 4.74 Å². The largest absolute Gasteiger partial charge is 0.439 e. The van der Waals surface area contributed by atoms with Gasteiger partial charge in [0.1, 0.15) is 12.1 Å². The Balaban J connectivity index is 2.27. The summed E-state index contributed by atoms with van der Waals surface area (Å²) in [6.07, 6.45) is 1.50. The van der Waals surface area contributed by atoms with E-state index in [1.165, 1.54) is 6.33 Å². The summed E-state index contributed by atoms with van der Waals surface area (Å²) >= 11 is 3.41. The Morgan fingerprint density at radius 2 is 1.94 bits per heavy atom. The average Bonchev–Trinajstić information content (AvgIpc) is 2.22. The van der Waals surface area contributed by atoms with E-state index in [0.29, 0.717) is 5.88 Å². The SMILES string of the molecule is Cc1cc(Oc2ccc(Br)cc2C)ncn1. The first kappa shape index (κ1) is 11.1. The molecule has 0 aliphatic heterocycles. The molecule has 0 aliphatic rings. The van der Waals surface area contributed by atoms with Crippen LogP contribution in [0.3, 0.4) is 0 Å². The molecule has 16 heavy (non-hydrogen) atoms. The monoisotopic (exact) mass is 278 g/mol. The van der Waals surface area contributed by atoms with E-state index in [2.05, 4.69) is 25.9 Å². The fraction of sp³-hybridized carbons (Fsp3) is 0.167. The van der Waals surface area contributed by atoms with Crippen molar-refractivity contribution in [2.75, 3.05) is 0 Å². The van der Waals surface area contributed by atoms with Gasteiger partial charge in [-0.25, -0.2) is 9.97 Å². The Kier molecular flexibility index (Phi) is 3.19. The maximum absolute atomic E-state index is 5.67. The standard InChI is InChI=1S/C12H11BrN2O/c1-8-5-10(13)3-4-11(8)16-12-6-9(2)14-7-15-12/h3-7H,1-2H3. The van der Waals surface area contributed by atoms with Crippen molar-refractivity contribution in [2.24, 2.45) is 0 Å². The van der Waals surface area contributed by atoms with E-state index >= 15 is 0 Å². The molecule has 0 bridgehead atoms. The average molecular weight is 279 g/mol. The quantitative estimate of drug-likeness (QED) is 0.841. The molecule has 82 valence electrons. The molecule has 2 rings (SSSR count). The van der Waals surface area contributed by atoms with Crippen molar-refractivity contribution in [3.63, 3.8) is 0 Å². The third kappa shape index (κ3) is 2.58. The van der Waals surface area contributed by atoms with Crippen molar-refractivity contribution < 1.29 is 4.74 Å². The topological polar surface area (TPSA) is 35.0 Å². The van der Waals surface area contributed by atoms with Crippen LogP contribution in [-0.2, 0) is 0 Å². The van der Waals surface area contributed by atoms with Gasteiger partial charge in [0.05, 0.1) is 0 Å². The third-order valence-electron chi connectivity index (χ3n) is 2.13. The molecule has 1 heterocycles. The zero-order chi connectivity index (χ0) is 11.5. The number of hydrogen-bond acceptors (Lipinski definition) is 3. The Bertz CT molecular complexity index is 514. The first-order valence-electron chi connectivity index (χ1n) is 4.88. The second-order valence-corrected chi connectivity index (χ2v) is 4.43. The molecule has 2 aromatic rings. The lowest BCUT2D eigenvalue weighted by Crippen LogP contribution is -1.92. The maximum Gasteiger partial charge on any atom is 0.222 e. The van der Waals surface area contributed by atoms with Gasteiger partial charge < -0.3 is 4.74 Å². The molecule has 0 unspecified atom stereocenters. The molecule has 0 aliphatic carbocycles. The molecular weight excluding hydrogens is 268 g/mol. The van der Waals surface area contributed by atoms with Crippen LogP contribution in [0.2, 0.25) is 0 Å². The van der Waals surface area contributed by atoms with Crippen molar-refractivity contribution in [1.29, 1.82) is 0 Å². The number of halogens is 1. The molecule has 3 nitrogen and oxygen atoms in total. The van der Waals surface area contributed by atoms with Crippen molar-refractivity contribution in [3.05, 3.63) is 46.3 Å². The summed E-state index contributed by atoms with van der Waals surface area (Å²) < 4.78 is 6.71. The Morgan fingerprint density at radius 1 is 1.12 bits per heavy atom. The van der Waals surface area contributed by atoms with E-state index < -0.39 is 0 Å². The minimum absolute atomic E-state index is 0.568. The molecular formula is C12H11BrN2O. The van der Waals surface area contributed by atoms with Crippen molar-refractivity contribution in [1.82, 2.24) is 9.97 Å². The van der Waals surface area contributed by atoms with Crippen LogP contribution in [0.1, 0.15) is 11.3 Å². The first-order valence-corrected chi connectivity index (χ1v) is 5.67. The van der Waals surface area contributed by atoms with Crippen LogP contribution in [-0.4, -0.2) is 9.97 Å². The molecule has 0 N–H and O–H groups in total. The number of aryl methyl sites for hydroxylation is 2. The van der Waals surface area contributed by atoms with Gasteiger partial charge in [-0.1, -0.05) is 15.9 Å². The lowest BCUT2D eigenvalue weighted by atomic mass is 10.2. The Hall–Kier alpha value is -1.42. The summed E-state index contributed by atoms with van der Waals surface area (Å²) in [5, 5.41) is 0. The number of nitrogens with zero attached hydrogens (tertiary/aromatic N) is 2. The van der Waals surface area contributed by atoms with Gasteiger partial charge in [-0.15, -0.1) is 0 Å². The van der Waals surface area contributed by atoms with E-state index in [0.717, 1.165) is 21.5 Å². The van der Waals surface area contributed by atoms with Crippen LogP contribution in [0.25, 0.3) is 0 Å². The molecule has 0 radical (unpaired) electrons. The normalized spacial score (nSPS) is 10.2. The summed E-state index contributed by atoms with van der Waals surface area (Å²) in [4.78, 5) is 8.07. The van der Waals surface area contributed by atoms with Crippen LogP contribution < -0.4 is 4.74 Å². The van der Waals surface area contributed by atoms with Crippen LogP contribution in [0, 0.1) is 13.8 Å². The number of aromatic nitrogens is 2. The van der Waals surface area contributed by atoms with E-state index in [-0.39, 0.29) is 0 Å². The van der Waals surface area contributed by atoms with Gasteiger partial charge in [0.25, 0.3) is 0 Å². The van der Waals surface area contributed by atoms with Crippen molar-refractivity contribution >= 4 is 15.9 Å². The van der Waals surface area contributed by atoms with Crippen LogP contribution in [0.4, 0.5) is 0 Å². The van der Waals surface area contributed by atoms with Crippen LogP contribution in [0.5, 0.6) is 11.6 Å². The fourth-order valence-corrected chi connectivity index (χ4v) is 1.80. The molecule has 0 saturated heterocycles. The van der Waals surface area contributed by atoms with Crippen LogP contribution in [0.15, 0.2) is 35.1 Å². The van der Waals surface area contributed by atoms with Crippen molar-refractivity contribution in [2.45, 2.75) is 13.8 Å². The lowest BCUT2D eigenvalue weighted by Gasteiger charge is -2.07. The smallest absolute Gasteiger partial charge is 0.222 e. The Labute approximate surface area is 103 Å². The molecule has 0 atom stereocenters. The summed E-state index contributed by atoms with van der Waals surface area (Å²) in [5.41, 5.74) is 1.95. The van der Waals surface area contributed by atoms with Gasteiger partial charge in [0, 0.05) is 16.2 Å². The maximum atomic E-state index is 5.67. The molecule has 1 aromatic carbocycles. The van der Waals surface area contributed by atoms with Gasteiger partial charge in [-0.2, -0.15) is 0 Å². The highest BCUT2D eigenvalue weighted by atomic mass is 79.9. The number of hydrogen-bond donors (Lipinski definition) is 0. The molecule has 4 heteroatoms. The predicted octanol–water partition coefficient (Wildman–Crippen LogP) is 3.65. The zero-order valence-corrected chi connectivity index (χ0v) is 10.7. The van der Waals surface area contributed by atoms with E-state index in [1.807, 2.05) is 38.1 Å².